The molecule has 0 bridgehead atoms. The molecule has 0 aliphatic rings. The maximum Gasteiger partial charge on any atom is 0.245 e. The highest BCUT2D eigenvalue weighted by Gasteiger charge is 2.09. The number of aromatic nitrogens is 1. The summed E-state index contributed by atoms with van der Waals surface area (Å²) in [5, 5.41) is 5.97. The summed E-state index contributed by atoms with van der Waals surface area (Å²) in [6.45, 7) is 6.22. The van der Waals surface area contributed by atoms with Crippen LogP contribution in [-0.4, -0.2) is 22.5 Å². The quantitative estimate of drug-likeness (QED) is 0.441. The van der Waals surface area contributed by atoms with Gasteiger partial charge in [0, 0.05) is 17.5 Å². The molecule has 0 fully saturated rings. The third-order valence-corrected chi connectivity index (χ3v) is 3.89. The number of carbonyl (C=O) groups excluding carboxylic acids is 1. The Morgan fingerprint density at radius 3 is 2.74 bits per heavy atom. The van der Waals surface area contributed by atoms with Crippen molar-refractivity contribution in [3.63, 3.8) is 0 Å². The van der Waals surface area contributed by atoms with E-state index in [4.69, 9.17) is 12.2 Å². The fourth-order valence-corrected chi connectivity index (χ4v) is 2.64. The average molecular weight is 346 g/mol. The third-order valence-electron chi connectivity index (χ3n) is 2.80. The number of thiazole rings is 1. The van der Waals surface area contributed by atoms with E-state index < -0.39 is 0 Å². The Balaban J connectivity index is 1.81. The lowest BCUT2D eigenvalue weighted by atomic mass is 10.2. The van der Waals surface area contributed by atoms with E-state index in [1.54, 1.807) is 0 Å². The maximum atomic E-state index is 11.9. The van der Waals surface area contributed by atoms with Crippen LogP contribution in [0.4, 0.5) is 0 Å². The molecule has 2 rings (SSSR count). The van der Waals surface area contributed by atoms with E-state index in [0.29, 0.717) is 11.7 Å². The second-order valence-corrected chi connectivity index (χ2v) is 6.33. The summed E-state index contributed by atoms with van der Waals surface area (Å²) in [5.74, 6) is -0.196. The monoisotopic (exact) mass is 346 g/mol. The fourth-order valence-electron chi connectivity index (χ4n) is 1.72. The molecule has 23 heavy (non-hydrogen) atoms. The van der Waals surface area contributed by atoms with Gasteiger partial charge in [-0.3, -0.25) is 15.6 Å². The van der Waals surface area contributed by atoms with Gasteiger partial charge in [-0.2, -0.15) is 0 Å². The first-order valence-corrected chi connectivity index (χ1v) is 8.30. The predicted molar refractivity (Wildman–Crippen MR) is 97.9 cm³/mol. The van der Waals surface area contributed by atoms with Gasteiger partial charge in [0.1, 0.15) is 5.01 Å². The van der Waals surface area contributed by atoms with Crippen molar-refractivity contribution < 1.29 is 4.79 Å². The summed E-state index contributed by atoms with van der Waals surface area (Å²) in [7, 11) is 0. The molecule has 1 aromatic heterocycles. The molecule has 0 saturated heterocycles. The van der Waals surface area contributed by atoms with Gasteiger partial charge in [-0.15, -0.1) is 11.3 Å². The number of rotatable bonds is 5. The van der Waals surface area contributed by atoms with Crippen LogP contribution in [0.3, 0.4) is 0 Å². The Kier molecular flexibility index (Phi) is 6.25. The van der Waals surface area contributed by atoms with Crippen molar-refractivity contribution in [2.75, 3.05) is 6.54 Å². The molecule has 2 aromatic rings. The summed E-state index contributed by atoms with van der Waals surface area (Å²) in [6.07, 6.45) is 0.202. The Bertz CT molecular complexity index is 697. The van der Waals surface area contributed by atoms with Gasteiger partial charge in [0.25, 0.3) is 0 Å². The molecule has 0 aliphatic carbocycles. The molecule has 1 heterocycles. The number of nitrogens with zero attached hydrogens (tertiary/aromatic N) is 1. The maximum absolute atomic E-state index is 11.9. The van der Waals surface area contributed by atoms with Crippen LogP contribution in [0.1, 0.15) is 11.9 Å². The van der Waals surface area contributed by atoms with E-state index in [2.05, 4.69) is 27.7 Å². The molecule has 0 spiro atoms. The summed E-state index contributed by atoms with van der Waals surface area (Å²) in [6, 6.07) is 9.87. The SMILES string of the molecule is C=C(C)CNC(=S)NNC(=O)Cc1nc(-c2ccccc2)cs1. The minimum atomic E-state index is -0.196. The van der Waals surface area contributed by atoms with Crippen molar-refractivity contribution in [2.24, 2.45) is 0 Å². The van der Waals surface area contributed by atoms with Gasteiger partial charge in [0.15, 0.2) is 5.11 Å². The van der Waals surface area contributed by atoms with E-state index in [9.17, 15) is 4.79 Å². The van der Waals surface area contributed by atoms with E-state index in [0.717, 1.165) is 21.8 Å². The van der Waals surface area contributed by atoms with Crippen LogP contribution in [0.25, 0.3) is 11.3 Å². The van der Waals surface area contributed by atoms with Crippen molar-refractivity contribution in [2.45, 2.75) is 13.3 Å². The number of carbonyl (C=O) groups is 1. The molecule has 120 valence electrons. The minimum absolute atomic E-state index is 0.196. The van der Waals surface area contributed by atoms with Gasteiger partial charge in [0.05, 0.1) is 12.1 Å². The molecule has 7 heteroatoms. The first-order chi connectivity index (χ1) is 11.0. The number of hydrogen-bond acceptors (Lipinski definition) is 4. The molecule has 5 nitrogen and oxygen atoms in total. The van der Waals surface area contributed by atoms with Crippen molar-refractivity contribution in [3.8, 4) is 11.3 Å². The predicted octanol–water partition coefficient (Wildman–Crippen LogP) is 2.42. The molecule has 0 atom stereocenters. The van der Waals surface area contributed by atoms with Crippen LogP contribution in [0.5, 0.6) is 0 Å². The van der Waals surface area contributed by atoms with E-state index in [1.807, 2.05) is 42.6 Å². The standard InChI is InChI=1S/C16H18N4OS2/c1-11(2)9-17-16(22)20-19-14(21)8-15-18-13(10-23-15)12-6-4-3-5-7-12/h3-7,10H,1,8-9H2,2H3,(H,19,21)(H2,17,20,22). The molecule has 1 aromatic carbocycles. The number of hydrogen-bond donors (Lipinski definition) is 3. The molecule has 0 aliphatic heterocycles. The molecule has 0 unspecified atom stereocenters. The topological polar surface area (TPSA) is 66.0 Å². The summed E-state index contributed by atoms with van der Waals surface area (Å²) >= 11 is 6.49. The molecule has 1 amide bonds. The van der Waals surface area contributed by atoms with E-state index in [1.165, 1.54) is 11.3 Å². The number of nitrogens with one attached hydrogen (secondary N) is 3. The van der Waals surface area contributed by atoms with Crippen LogP contribution >= 0.6 is 23.6 Å². The summed E-state index contributed by atoms with van der Waals surface area (Å²) in [4.78, 5) is 16.4. The summed E-state index contributed by atoms with van der Waals surface area (Å²) < 4.78 is 0. The minimum Gasteiger partial charge on any atom is -0.358 e. The van der Waals surface area contributed by atoms with Crippen LogP contribution in [0.15, 0.2) is 47.9 Å². The van der Waals surface area contributed by atoms with Crippen molar-refractivity contribution >= 4 is 34.6 Å². The normalized spacial score (nSPS) is 9.96. The zero-order valence-electron chi connectivity index (χ0n) is 12.8. The summed E-state index contributed by atoms with van der Waals surface area (Å²) in [5.41, 5.74) is 8.08. The fraction of sp³-hybridized carbons (Fsp3) is 0.188. The second kappa shape index (κ2) is 8.40. The number of benzene rings is 1. The van der Waals surface area contributed by atoms with Gasteiger partial charge in [0.2, 0.25) is 5.91 Å². The second-order valence-electron chi connectivity index (χ2n) is 4.98. The highest BCUT2D eigenvalue weighted by atomic mass is 32.1. The Hall–Kier alpha value is -2.25. The largest absolute Gasteiger partial charge is 0.358 e. The smallest absolute Gasteiger partial charge is 0.245 e. The first-order valence-electron chi connectivity index (χ1n) is 7.01. The zero-order chi connectivity index (χ0) is 16.7. The molecular weight excluding hydrogens is 328 g/mol. The van der Waals surface area contributed by atoms with Crippen LogP contribution in [0, 0.1) is 0 Å². The van der Waals surface area contributed by atoms with Crippen LogP contribution < -0.4 is 16.2 Å². The van der Waals surface area contributed by atoms with E-state index >= 15 is 0 Å². The average Bonchev–Trinajstić information content (AvgIpc) is 3.00. The molecule has 3 N–H and O–H groups in total. The van der Waals surface area contributed by atoms with Gasteiger partial charge in [-0.25, -0.2) is 4.98 Å². The lowest BCUT2D eigenvalue weighted by Gasteiger charge is -2.10. The lowest BCUT2D eigenvalue weighted by molar-refractivity contribution is -0.121. The number of thiocarbonyl (C=S) groups is 1. The Morgan fingerprint density at radius 1 is 1.30 bits per heavy atom. The van der Waals surface area contributed by atoms with Gasteiger partial charge in [-0.05, 0) is 19.1 Å². The van der Waals surface area contributed by atoms with Crippen LogP contribution in [0.2, 0.25) is 0 Å². The molecule has 0 saturated carbocycles. The van der Waals surface area contributed by atoms with Gasteiger partial charge >= 0.3 is 0 Å². The molecule has 0 radical (unpaired) electrons. The van der Waals surface area contributed by atoms with Gasteiger partial charge < -0.3 is 5.32 Å². The first kappa shape index (κ1) is 17.1. The highest BCUT2D eigenvalue weighted by Crippen LogP contribution is 2.21. The lowest BCUT2D eigenvalue weighted by Crippen LogP contribution is -2.47. The van der Waals surface area contributed by atoms with E-state index in [-0.39, 0.29) is 12.3 Å². The van der Waals surface area contributed by atoms with Gasteiger partial charge in [-0.1, -0.05) is 42.5 Å². The zero-order valence-corrected chi connectivity index (χ0v) is 14.4. The molecular formula is C16H18N4OS2. The van der Waals surface area contributed by atoms with Crippen molar-refractivity contribution in [1.82, 2.24) is 21.2 Å². The Labute approximate surface area is 144 Å². The van der Waals surface area contributed by atoms with Crippen molar-refractivity contribution in [1.29, 1.82) is 0 Å². The van der Waals surface area contributed by atoms with Crippen LogP contribution in [-0.2, 0) is 11.2 Å². The highest BCUT2D eigenvalue weighted by molar-refractivity contribution is 7.80. The Morgan fingerprint density at radius 2 is 2.04 bits per heavy atom. The number of hydrazine groups is 1. The van der Waals surface area contributed by atoms with Crippen molar-refractivity contribution in [3.05, 3.63) is 52.9 Å². The number of amides is 1. The third kappa shape index (κ3) is 5.80.